The van der Waals surface area contributed by atoms with Gasteiger partial charge in [-0.3, -0.25) is 4.79 Å². The van der Waals surface area contributed by atoms with Crippen LogP contribution in [0.1, 0.15) is 16.1 Å². The summed E-state index contributed by atoms with van der Waals surface area (Å²) in [7, 11) is 1.41. The predicted molar refractivity (Wildman–Crippen MR) is 100 cm³/mol. The molecule has 2 aromatic carbocycles. The van der Waals surface area contributed by atoms with E-state index in [-0.39, 0.29) is 11.4 Å². The Bertz CT molecular complexity index is 1040. The summed E-state index contributed by atoms with van der Waals surface area (Å²) in [4.78, 5) is 24.3. The second-order valence-electron chi connectivity index (χ2n) is 5.64. The van der Waals surface area contributed by atoms with E-state index in [1.54, 1.807) is 24.4 Å². The Morgan fingerprint density at radius 2 is 1.96 bits per heavy atom. The summed E-state index contributed by atoms with van der Waals surface area (Å²) in [6, 6.07) is 17.6. The normalized spacial score (nSPS) is 10.0. The molecule has 8 nitrogen and oxygen atoms in total. The van der Waals surface area contributed by atoms with Gasteiger partial charge >= 0.3 is 5.97 Å². The Morgan fingerprint density at radius 3 is 2.68 bits per heavy atom. The van der Waals surface area contributed by atoms with Crippen molar-refractivity contribution in [2.45, 2.75) is 0 Å². The van der Waals surface area contributed by atoms with Crippen molar-refractivity contribution >= 4 is 17.6 Å². The Kier molecular flexibility index (Phi) is 5.67. The first-order valence-corrected chi connectivity index (χ1v) is 8.27. The Hall–Kier alpha value is -4.12. The van der Waals surface area contributed by atoms with E-state index in [0.717, 1.165) is 5.69 Å². The molecule has 0 bridgehead atoms. The number of hydrogen-bond acceptors (Lipinski definition) is 6. The van der Waals surface area contributed by atoms with E-state index in [1.165, 1.54) is 17.9 Å². The molecule has 3 aromatic rings. The quantitative estimate of drug-likeness (QED) is 0.663. The predicted octanol–water partition coefficient (Wildman–Crippen LogP) is 2.55. The number of benzene rings is 2. The first-order valence-electron chi connectivity index (χ1n) is 8.27. The maximum Gasteiger partial charge on any atom is 0.363 e. The molecule has 0 saturated heterocycles. The van der Waals surface area contributed by atoms with Gasteiger partial charge in [0.15, 0.2) is 12.4 Å². The second kappa shape index (κ2) is 8.51. The summed E-state index contributed by atoms with van der Waals surface area (Å²) in [6.45, 7) is -0.503. The third-order valence-electron chi connectivity index (χ3n) is 3.72. The number of aromatic nitrogens is 2. The highest BCUT2D eigenvalue weighted by Gasteiger charge is 2.21. The molecule has 0 radical (unpaired) electrons. The molecule has 3 rings (SSSR count). The van der Waals surface area contributed by atoms with E-state index >= 15 is 0 Å². The number of nitriles is 1. The minimum Gasteiger partial charge on any atom is -0.493 e. The van der Waals surface area contributed by atoms with Gasteiger partial charge in [0, 0.05) is 5.69 Å². The zero-order chi connectivity index (χ0) is 19.9. The monoisotopic (exact) mass is 376 g/mol. The van der Waals surface area contributed by atoms with Crippen LogP contribution in [0, 0.1) is 11.3 Å². The lowest BCUT2D eigenvalue weighted by atomic mass is 10.2. The highest BCUT2D eigenvalue weighted by atomic mass is 16.5. The van der Waals surface area contributed by atoms with Gasteiger partial charge in [0.2, 0.25) is 5.69 Å². The van der Waals surface area contributed by atoms with Crippen molar-refractivity contribution in [3.05, 3.63) is 72.1 Å². The van der Waals surface area contributed by atoms with Crippen molar-refractivity contribution in [2.75, 3.05) is 19.0 Å². The van der Waals surface area contributed by atoms with Crippen LogP contribution in [0.15, 0.2) is 60.8 Å². The van der Waals surface area contributed by atoms with Crippen molar-refractivity contribution < 1.29 is 19.1 Å². The average Bonchev–Trinajstić information content (AvgIpc) is 3.17. The van der Waals surface area contributed by atoms with E-state index in [1.807, 2.05) is 36.4 Å². The van der Waals surface area contributed by atoms with Crippen LogP contribution in [-0.4, -0.2) is 35.4 Å². The summed E-state index contributed by atoms with van der Waals surface area (Å²) in [5, 5.41) is 15.6. The maximum absolute atomic E-state index is 12.3. The fraction of sp³-hybridized carbons (Fsp3) is 0.100. The lowest BCUT2D eigenvalue weighted by Gasteiger charge is -2.06. The van der Waals surface area contributed by atoms with E-state index in [0.29, 0.717) is 11.3 Å². The van der Waals surface area contributed by atoms with E-state index in [9.17, 15) is 9.59 Å². The molecule has 1 amide bonds. The lowest BCUT2D eigenvalue weighted by molar-refractivity contribution is -0.119. The average molecular weight is 376 g/mol. The number of amides is 1. The van der Waals surface area contributed by atoms with E-state index in [4.69, 9.17) is 14.7 Å². The molecule has 0 aliphatic heterocycles. The number of carbonyl (C=O) groups is 2. The van der Waals surface area contributed by atoms with E-state index in [2.05, 4.69) is 10.4 Å². The van der Waals surface area contributed by atoms with Gasteiger partial charge in [0.25, 0.3) is 5.91 Å². The van der Waals surface area contributed by atoms with Gasteiger partial charge in [-0.1, -0.05) is 24.3 Å². The lowest BCUT2D eigenvalue weighted by Crippen LogP contribution is -2.21. The van der Waals surface area contributed by atoms with Crippen LogP contribution >= 0.6 is 0 Å². The zero-order valence-electron chi connectivity index (χ0n) is 15.0. The smallest absolute Gasteiger partial charge is 0.363 e. The molecule has 0 aliphatic rings. The van der Waals surface area contributed by atoms with Gasteiger partial charge in [-0.15, -0.1) is 0 Å². The molecule has 1 aromatic heterocycles. The SMILES string of the molecule is COc1cn(-c2ccccc2)nc1C(=O)OCC(=O)Nc1cccc(C#N)c1. The molecule has 140 valence electrons. The maximum atomic E-state index is 12.3. The zero-order valence-corrected chi connectivity index (χ0v) is 15.0. The molecular formula is C20H16N4O4. The van der Waals surface area contributed by atoms with Crippen molar-refractivity contribution in [3.8, 4) is 17.5 Å². The largest absolute Gasteiger partial charge is 0.493 e. The molecule has 0 unspecified atom stereocenters. The Balaban J connectivity index is 1.65. The Labute approximate surface area is 160 Å². The topological polar surface area (TPSA) is 106 Å². The molecule has 0 aliphatic carbocycles. The highest BCUT2D eigenvalue weighted by Crippen LogP contribution is 2.20. The van der Waals surface area contributed by atoms with Crippen molar-refractivity contribution in [2.24, 2.45) is 0 Å². The molecule has 1 heterocycles. The van der Waals surface area contributed by atoms with Crippen molar-refractivity contribution in [1.82, 2.24) is 9.78 Å². The summed E-state index contributed by atoms with van der Waals surface area (Å²) < 4.78 is 11.7. The molecule has 8 heteroatoms. The van der Waals surface area contributed by atoms with Crippen molar-refractivity contribution in [1.29, 1.82) is 5.26 Å². The van der Waals surface area contributed by atoms with Gasteiger partial charge in [0.1, 0.15) is 0 Å². The molecule has 0 fully saturated rings. The molecule has 0 atom stereocenters. The minimum atomic E-state index is -0.785. The number of esters is 1. The van der Waals surface area contributed by atoms with Gasteiger partial charge in [-0.2, -0.15) is 10.4 Å². The summed E-state index contributed by atoms with van der Waals surface area (Å²) in [5.74, 6) is -1.09. The third kappa shape index (κ3) is 4.34. The van der Waals surface area contributed by atoms with Crippen LogP contribution in [-0.2, 0) is 9.53 Å². The standard InChI is InChI=1S/C20H16N4O4/c1-27-17-12-24(16-8-3-2-4-9-16)23-19(17)20(26)28-13-18(25)22-15-7-5-6-14(10-15)11-21/h2-10,12H,13H2,1H3,(H,22,25). The molecule has 1 N–H and O–H groups in total. The summed E-state index contributed by atoms with van der Waals surface area (Å²) >= 11 is 0. The number of methoxy groups -OCH3 is 1. The number of hydrogen-bond donors (Lipinski definition) is 1. The third-order valence-corrected chi connectivity index (χ3v) is 3.72. The van der Waals surface area contributed by atoms with Crippen LogP contribution in [0.4, 0.5) is 5.69 Å². The van der Waals surface area contributed by atoms with Crippen LogP contribution in [0.5, 0.6) is 5.75 Å². The minimum absolute atomic E-state index is 0.0365. The van der Waals surface area contributed by atoms with E-state index < -0.39 is 18.5 Å². The summed E-state index contributed by atoms with van der Waals surface area (Å²) in [6.07, 6.45) is 1.55. The number of carbonyl (C=O) groups excluding carboxylic acids is 2. The van der Waals surface area contributed by atoms with Crippen LogP contribution in [0.2, 0.25) is 0 Å². The molecule has 0 saturated carbocycles. The number of anilines is 1. The summed E-state index contributed by atoms with van der Waals surface area (Å²) in [5.41, 5.74) is 1.55. The highest BCUT2D eigenvalue weighted by molar-refractivity contribution is 5.95. The van der Waals surface area contributed by atoms with Crippen molar-refractivity contribution in [3.63, 3.8) is 0 Å². The van der Waals surface area contributed by atoms with Crippen LogP contribution in [0.3, 0.4) is 0 Å². The number of nitrogens with zero attached hydrogens (tertiary/aromatic N) is 3. The van der Waals surface area contributed by atoms with Gasteiger partial charge in [0.05, 0.1) is 30.6 Å². The molecular weight excluding hydrogens is 360 g/mol. The van der Waals surface area contributed by atoms with Crippen LogP contribution < -0.4 is 10.1 Å². The first-order chi connectivity index (χ1) is 13.6. The number of para-hydroxylation sites is 1. The van der Waals surface area contributed by atoms with Crippen LogP contribution in [0.25, 0.3) is 5.69 Å². The van der Waals surface area contributed by atoms with Gasteiger partial charge in [-0.05, 0) is 30.3 Å². The molecule has 0 spiro atoms. The van der Waals surface area contributed by atoms with Gasteiger partial charge in [-0.25, -0.2) is 9.48 Å². The number of rotatable bonds is 6. The molecule has 28 heavy (non-hydrogen) atoms. The second-order valence-corrected chi connectivity index (χ2v) is 5.64. The number of ether oxygens (including phenoxy) is 2. The Morgan fingerprint density at radius 1 is 1.18 bits per heavy atom. The fourth-order valence-corrected chi connectivity index (χ4v) is 2.42. The van der Waals surface area contributed by atoms with Gasteiger partial charge < -0.3 is 14.8 Å². The number of nitrogens with one attached hydrogen (secondary N) is 1. The fourth-order valence-electron chi connectivity index (χ4n) is 2.42. The first kappa shape index (κ1) is 18.7.